The van der Waals surface area contributed by atoms with Gasteiger partial charge in [0.25, 0.3) is 0 Å². The molecule has 12 nitrogen and oxygen atoms in total. The van der Waals surface area contributed by atoms with E-state index >= 15 is 0 Å². The van der Waals surface area contributed by atoms with Gasteiger partial charge >= 0.3 is 0 Å². The molecule has 104 heavy (non-hydrogen) atoms. The molecule has 0 aliphatic heterocycles. The topological polar surface area (TPSA) is 155 Å². The van der Waals surface area contributed by atoms with Crippen molar-refractivity contribution >= 4 is 53.4 Å². The van der Waals surface area contributed by atoms with Crippen LogP contribution in [0.15, 0.2) is 350 Å². The number of benzene rings is 13. The molecule has 6 aromatic heterocycles. The first-order chi connectivity index (χ1) is 51.5. The maximum Gasteiger partial charge on any atom is 0.165 e. The summed E-state index contributed by atoms with van der Waals surface area (Å²) in [7, 11) is 0. The van der Waals surface area contributed by atoms with E-state index in [4.69, 9.17) is 59.2 Å². The highest BCUT2D eigenvalue weighted by atomic mass is 32.1. The van der Waals surface area contributed by atoms with Crippen LogP contribution in [0.4, 0.5) is 0 Å². The zero-order valence-corrected chi connectivity index (χ0v) is 56.5. The molecule has 0 saturated carbocycles. The maximum atomic E-state index is 6.67. The third-order valence-corrected chi connectivity index (χ3v) is 19.4. The van der Waals surface area contributed by atoms with Crippen molar-refractivity contribution in [2.45, 2.75) is 0 Å². The quantitative estimate of drug-likeness (QED) is 0.108. The number of nitrogens with zero attached hydrogens (tertiary/aromatic N) is 11. The molecule has 0 aliphatic rings. The molecular formula is C91H57N11OS. The van der Waals surface area contributed by atoms with Gasteiger partial charge in [-0.25, -0.2) is 54.8 Å². The van der Waals surface area contributed by atoms with Crippen LogP contribution in [-0.2, 0) is 0 Å². The summed E-state index contributed by atoms with van der Waals surface area (Å²) in [5.74, 6) is 6.11. The van der Waals surface area contributed by atoms with Gasteiger partial charge in [-0.05, 0) is 41.5 Å². The molecule has 6 heterocycles. The summed E-state index contributed by atoms with van der Waals surface area (Å²) in [6.07, 6.45) is 0. The van der Waals surface area contributed by atoms with Crippen LogP contribution >= 0.6 is 11.3 Å². The Labute approximate surface area is 602 Å². The van der Waals surface area contributed by atoms with Gasteiger partial charge < -0.3 is 4.42 Å². The van der Waals surface area contributed by atoms with Gasteiger partial charge in [-0.1, -0.05) is 315 Å². The van der Waals surface area contributed by atoms with E-state index in [9.17, 15) is 0 Å². The largest absolute Gasteiger partial charge is 0.455 e. The average molecular weight is 1350 g/mol. The van der Waals surface area contributed by atoms with Gasteiger partial charge in [-0.15, -0.1) is 11.3 Å². The predicted octanol–water partition coefficient (Wildman–Crippen LogP) is 22.7. The van der Waals surface area contributed by atoms with Crippen molar-refractivity contribution in [1.82, 2.24) is 54.8 Å². The highest BCUT2D eigenvalue weighted by Crippen LogP contribution is 2.45. The first-order valence-electron chi connectivity index (χ1n) is 34.1. The second-order valence-corrected chi connectivity index (χ2v) is 25.9. The Kier molecular flexibility index (Phi) is 16.5. The highest BCUT2D eigenvalue weighted by Gasteiger charge is 2.24. The molecule has 0 bridgehead atoms. The number of furan rings is 1. The van der Waals surface area contributed by atoms with E-state index < -0.39 is 0 Å². The highest BCUT2D eigenvalue weighted by molar-refractivity contribution is 7.26. The molecule has 0 saturated heterocycles. The summed E-state index contributed by atoms with van der Waals surface area (Å²) < 4.78 is 8.88. The summed E-state index contributed by atoms with van der Waals surface area (Å²) in [6, 6.07) is 116. The molecule has 0 N–H and O–H groups in total. The van der Waals surface area contributed by atoms with Gasteiger partial charge in [0.2, 0.25) is 0 Å². The fourth-order valence-electron chi connectivity index (χ4n) is 13.1. The van der Waals surface area contributed by atoms with Gasteiger partial charge in [-0.2, -0.15) is 0 Å². The zero-order chi connectivity index (χ0) is 69.1. The van der Waals surface area contributed by atoms with E-state index in [1.807, 2.05) is 231 Å². The van der Waals surface area contributed by atoms with Crippen LogP contribution in [0.2, 0.25) is 0 Å². The molecule has 488 valence electrons. The lowest BCUT2D eigenvalue weighted by Crippen LogP contribution is -2.00. The first-order valence-corrected chi connectivity index (χ1v) is 35.0. The van der Waals surface area contributed by atoms with Gasteiger partial charge in [0, 0.05) is 92.1 Å². The average Bonchev–Trinajstić information content (AvgIpc) is 1.57. The SMILES string of the molecule is c1ccc(-c2cc(-c3ccccc3)nc(-c3cccc4c3oc3cccc(-c5nc(-c6ccccc6)nc(-c6ccccc6)n5)c34)n2)cc1.c1ccc(-c2ccc(-c3nc(-c4ccccc4)nc(-c4cccc5c4sc4cccc(-c6nc(-c7ccccc7)nc(-c7ccccc7)n6)c45)n3)cc2)cc1. The Balaban J connectivity index is 0.000000149. The minimum absolute atomic E-state index is 0.570. The van der Waals surface area contributed by atoms with E-state index in [2.05, 4.69) is 115 Å². The molecule has 0 unspecified atom stereocenters. The lowest BCUT2D eigenvalue weighted by Gasteiger charge is -2.10. The second-order valence-electron chi connectivity index (χ2n) is 24.8. The Morgan fingerprint density at radius 3 is 0.933 bits per heavy atom. The molecule has 0 fully saturated rings. The monoisotopic (exact) mass is 1350 g/mol. The van der Waals surface area contributed by atoms with Gasteiger partial charge in [0.1, 0.15) is 11.2 Å². The fraction of sp³-hybridized carbons (Fsp3) is 0. The van der Waals surface area contributed by atoms with Gasteiger partial charge in [0.05, 0.1) is 17.0 Å². The normalized spacial score (nSPS) is 11.3. The van der Waals surface area contributed by atoms with Crippen LogP contribution in [0.1, 0.15) is 0 Å². The number of hydrogen-bond acceptors (Lipinski definition) is 13. The standard InChI is InChI=1S/C48H30N6S.C43H27N5O/c1-5-15-31(16-6-1)32-27-29-36(30-28-32)46-50-45(35-21-11-4-12-22-35)53-48(54-46)39-25-13-23-37-41-38(24-14-26-40(41)55-42(37)39)47-51-43(33-17-7-2-8-18-33)49-44(52-47)34-19-9-3-10-20-34;1-5-15-28(16-6-1)35-27-36(29-17-7-2-8-18-29)45-43(44-35)34-25-13-23-32-38-33(24-14-26-37(38)49-39(32)34)42-47-40(30-19-9-3-10-20-30)46-41(48-42)31-21-11-4-12-22-31/h1-30H;1-27H. The van der Waals surface area contributed by atoms with Crippen molar-refractivity contribution in [2.75, 3.05) is 0 Å². The molecule has 13 aromatic carbocycles. The zero-order valence-electron chi connectivity index (χ0n) is 55.6. The van der Waals surface area contributed by atoms with Crippen molar-refractivity contribution in [3.63, 3.8) is 0 Å². The predicted molar refractivity (Wildman–Crippen MR) is 419 cm³/mol. The summed E-state index contributed by atoms with van der Waals surface area (Å²) >= 11 is 1.72. The molecule has 19 aromatic rings. The van der Waals surface area contributed by atoms with Gasteiger partial charge in [0.15, 0.2) is 58.2 Å². The second kappa shape index (κ2) is 27.6. The van der Waals surface area contributed by atoms with Crippen LogP contribution in [0.25, 0.3) is 190 Å². The molecule has 13 heteroatoms. The Morgan fingerprint density at radius 1 is 0.202 bits per heavy atom. The number of rotatable bonds is 13. The van der Waals surface area contributed by atoms with E-state index in [-0.39, 0.29) is 0 Å². The van der Waals surface area contributed by atoms with Crippen molar-refractivity contribution in [2.24, 2.45) is 0 Å². The van der Waals surface area contributed by atoms with Crippen LogP contribution in [0, 0.1) is 0 Å². The van der Waals surface area contributed by atoms with E-state index in [0.717, 1.165) is 126 Å². The van der Waals surface area contributed by atoms with E-state index in [1.54, 1.807) is 11.3 Å². The molecule has 0 aliphatic carbocycles. The molecular weight excluding hydrogens is 1300 g/mol. The lowest BCUT2D eigenvalue weighted by atomic mass is 10.0. The van der Waals surface area contributed by atoms with Crippen molar-refractivity contribution in [3.05, 3.63) is 346 Å². The van der Waals surface area contributed by atoms with Crippen LogP contribution in [-0.4, -0.2) is 54.8 Å². The molecule has 19 rings (SSSR count). The number of aromatic nitrogens is 11. The number of fused-ring (bicyclic) bond motifs is 6. The van der Waals surface area contributed by atoms with Crippen molar-refractivity contribution in [1.29, 1.82) is 0 Å². The van der Waals surface area contributed by atoms with Crippen LogP contribution < -0.4 is 0 Å². The van der Waals surface area contributed by atoms with E-state index in [1.165, 1.54) is 0 Å². The molecule has 0 radical (unpaired) electrons. The van der Waals surface area contributed by atoms with Crippen LogP contribution in [0.3, 0.4) is 0 Å². The smallest absolute Gasteiger partial charge is 0.165 e. The first kappa shape index (κ1) is 62.3. The van der Waals surface area contributed by atoms with Gasteiger partial charge in [-0.3, -0.25) is 0 Å². The Morgan fingerprint density at radius 2 is 0.500 bits per heavy atom. The molecule has 0 atom stereocenters. The third-order valence-electron chi connectivity index (χ3n) is 18.2. The Hall–Kier alpha value is -14.0. The lowest BCUT2D eigenvalue weighted by molar-refractivity contribution is 0.669. The summed E-state index contributed by atoms with van der Waals surface area (Å²) in [6.45, 7) is 0. The fourth-order valence-corrected chi connectivity index (χ4v) is 14.4. The minimum Gasteiger partial charge on any atom is -0.455 e. The summed E-state index contributed by atoms with van der Waals surface area (Å²) in [4.78, 5) is 55.4. The number of para-hydroxylation sites is 1. The summed E-state index contributed by atoms with van der Waals surface area (Å²) in [5, 5.41) is 4.03. The third kappa shape index (κ3) is 12.4. The number of hydrogen-bond donors (Lipinski definition) is 0. The Bertz CT molecular complexity index is 6140. The van der Waals surface area contributed by atoms with Crippen LogP contribution in [0.5, 0.6) is 0 Å². The summed E-state index contributed by atoms with van der Waals surface area (Å²) in [5.41, 5.74) is 16.5. The molecule has 0 amide bonds. The van der Waals surface area contributed by atoms with Crippen molar-refractivity contribution < 1.29 is 4.42 Å². The molecule has 0 spiro atoms. The van der Waals surface area contributed by atoms with Crippen molar-refractivity contribution in [3.8, 4) is 148 Å². The van der Waals surface area contributed by atoms with E-state index in [0.29, 0.717) is 63.8 Å². The maximum absolute atomic E-state index is 6.67. The number of thiophene rings is 1. The minimum atomic E-state index is 0.570.